The van der Waals surface area contributed by atoms with Gasteiger partial charge < -0.3 is 5.11 Å². The zero-order valence-electron chi connectivity index (χ0n) is 10.6. The Morgan fingerprint density at radius 1 is 1.12 bits per heavy atom. The summed E-state index contributed by atoms with van der Waals surface area (Å²) in [5.74, 6) is 0.778. The zero-order valence-corrected chi connectivity index (χ0v) is 10.6. The molecule has 2 rings (SSSR count). The molecule has 1 aromatic carbocycles. The highest BCUT2D eigenvalue weighted by Crippen LogP contribution is 2.36. The summed E-state index contributed by atoms with van der Waals surface area (Å²) < 4.78 is 0. The van der Waals surface area contributed by atoms with E-state index in [9.17, 15) is 9.90 Å². The number of hydrogen-bond donors (Lipinski definition) is 1. The van der Waals surface area contributed by atoms with Crippen molar-refractivity contribution < 1.29 is 9.90 Å². The van der Waals surface area contributed by atoms with E-state index in [1.165, 1.54) is 5.56 Å². The Balaban J connectivity index is 2.19. The summed E-state index contributed by atoms with van der Waals surface area (Å²) in [5.41, 5.74) is 1.45. The third-order valence-electron chi connectivity index (χ3n) is 3.75. The molecule has 1 fully saturated rings. The van der Waals surface area contributed by atoms with E-state index < -0.39 is 5.60 Å². The molecule has 0 amide bonds. The van der Waals surface area contributed by atoms with E-state index in [1.807, 2.05) is 12.1 Å². The molecule has 0 unspecified atom stereocenters. The fourth-order valence-electron chi connectivity index (χ4n) is 2.41. The van der Waals surface area contributed by atoms with Gasteiger partial charge >= 0.3 is 0 Å². The van der Waals surface area contributed by atoms with Crippen molar-refractivity contribution in [2.45, 2.75) is 51.0 Å². The fraction of sp³-hybridized carbons (Fsp3) is 0.533. The second kappa shape index (κ2) is 4.61. The van der Waals surface area contributed by atoms with Crippen molar-refractivity contribution in [3.63, 3.8) is 0 Å². The molecule has 0 aliphatic heterocycles. The molecule has 0 atom stereocenters. The van der Waals surface area contributed by atoms with Crippen molar-refractivity contribution in [3.8, 4) is 0 Å². The smallest absolute Gasteiger partial charge is 0.133 e. The molecule has 1 aliphatic carbocycles. The van der Waals surface area contributed by atoms with Gasteiger partial charge in [0, 0.05) is 12.8 Å². The van der Waals surface area contributed by atoms with E-state index >= 15 is 0 Å². The number of carbonyl (C=O) groups excluding carboxylic acids is 1. The minimum atomic E-state index is -0.788. The second-order valence-electron chi connectivity index (χ2n) is 5.35. The van der Waals surface area contributed by atoms with Crippen LogP contribution in [0.25, 0.3) is 0 Å². The van der Waals surface area contributed by atoms with Crippen LogP contribution in [0.4, 0.5) is 0 Å². The quantitative estimate of drug-likeness (QED) is 0.850. The minimum Gasteiger partial charge on any atom is -0.385 e. The lowest BCUT2D eigenvalue weighted by Gasteiger charge is -2.32. The van der Waals surface area contributed by atoms with Gasteiger partial charge in [0.25, 0.3) is 0 Å². The van der Waals surface area contributed by atoms with E-state index in [-0.39, 0.29) is 5.78 Å². The third kappa shape index (κ3) is 2.58. The van der Waals surface area contributed by atoms with Crippen molar-refractivity contribution in [3.05, 3.63) is 35.4 Å². The Morgan fingerprint density at radius 2 is 1.65 bits per heavy atom. The summed E-state index contributed by atoms with van der Waals surface area (Å²) in [6.45, 7) is 4.31. The van der Waals surface area contributed by atoms with Crippen LogP contribution in [0.1, 0.15) is 56.6 Å². The average molecular weight is 232 g/mol. The molecule has 1 aromatic rings. The summed E-state index contributed by atoms with van der Waals surface area (Å²) in [6.07, 6.45) is 2.13. The van der Waals surface area contributed by atoms with Crippen LogP contribution < -0.4 is 0 Å². The molecule has 2 nitrogen and oxygen atoms in total. The highest BCUT2D eigenvalue weighted by atomic mass is 16.3. The SMILES string of the molecule is CC(C)c1ccc(C2(O)CCC(=O)CC2)cc1. The number of aliphatic hydroxyl groups is 1. The Bertz CT molecular complexity index is 393. The summed E-state index contributed by atoms with van der Waals surface area (Å²) in [5, 5.41) is 10.5. The second-order valence-corrected chi connectivity index (χ2v) is 5.35. The maximum absolute atomic E-state index is 11.2. The van der Waals surface area contributed by atoms with Gasteiger partial charge in [0.05, 0.1) is 5.60 Å². The van der Waals surface area contributed by atoms with Gasteiger partial charge in [-0.2, -0.15) is 0 Å². The van der Waals surface area contributed by atoms with Crippen LogP contribution in [0.5, 0.6) is 0 Å². The molecule has 0 radical (unpaired) electrons. The number of benzene rings is 1. The number of Topliss-reactive ketones (excluding diaryl/α,β-unsaturated/α-hetero) is 1. The van der Waals surface area contributed by atoms with Gasteiger partial charge in [-0.3, -0.25) is 4.79 Å². The molecule has 0 heterocycles. The standard InChI is InChI=1S/C15H20O2/c1-11(2)12-3-5-13(6-4-12)15(17)9-7-14(16)8-10-15/h3-6,11,17H,7-10H2,1-2H3. The lowest BCUT2D eigenvalue weighted by atomic mass is 9.79. The lowest BCUT2D eigenvalue weighted by Crippen LogP contribution is -2.31. The van der Waals surface area contributed by atoms with Crippen LogP contribution in [0, 0.1) is 0 Å². The van der Waals surface area contributed by atoms with Crippen LogP contribution >= 0.6 is 0 Å². The monoisotopic (exact) mass is 232 g/mol. The van der Waals surface area contributed by atoms with Crippen molar-refractivity contribution in [2.24, 2.45) is 0 Å². The predicted octanol–water partition coefficient (Wildman–Crippen LogP) is 3.14. The van der Waals surface area contributed by atoms with Crippen molar-refractivity contribution in [2.75, 3.05) is 0 Å². The van der Waals surface area contributed by atoms with Gasteiger partial charge in [-0.15, -0.1) is 0 Å². The van der Waals surface area contributed by atoms with Crippen LogP contribution in [-0.2, 0) is 10.4 Å². The van der Waals surface area contributed by atoms with E-state index in [1.54, 1.807) is 0 Å². The molecule has 2 heteroatoms. The third-order valence-corrected chi connectivity index (χ3v) is 3.75. The molecular formula is C15H20O2. The summed E-state index contributed by atoms with van der Waals surface area (Å²) in [6, 6.07) is 8.17. The molecular weight excluding hydrogens is 212 g/mol. The summed E-state index contributed by atoms with van der Waals surface area (Å²) >= 11 is 0. The number of hydrogen-bond acceptors (Lipinski definition) is 2. The van der Waals surface area contributed by atoms with Crippen LogP contribution in [0.3, 0.4) is 0 Å². The summed E-state index contributed by atoms with van der Waals surface area (Å²) in [4.78, 5) is 11.2. The number of rotatable bonds is 2. The van der Waals surface area contributed by atoms with Crippen LogP contribution in [0.2, 0.25) is 0 Å². The number of ketones is 1. The highest BCUT2D eigenvalue weighted by molar-refractivity contribution is 5.79. The first-order valence-electron chi connectivity index (χ1n) is 6.36. The highest BCUT2D eigenvalue weighted by Gasteiger charge is 2.33. The van der Waals surface area contributed by atoms with E-state index in [4.69, 9.17) is 0 Å². The normalized spacial score (nSPS) is 19.6. The van der Waals surface area contributed by atoms with E-state index in [0.717, 1.165) is 5.56 Å². The van der Waals surface area contributed by atoms with Crippen molar-refractivity contribution in [1.29, 1.82) is 0 Å². The molecule has 1 saturated carbocycles. The largest absolute Gasteiger partial charge is 0.385 e. The minimum absolute atomic E-state index is 0.272. The van der Waals surface area contributed by atoms with Crippen molar-refractivity contribution >= 4 is 5.78 Å². The molecule has 1 aliphatic rings. The fourth-order valence-corrected chi connectivity index (χ4v) is 2.41. The molecule has 1 N–H and O–H groups in total. The van der Waals surface area contributed by atoms with Gasteiger partial charge in [0.15, 0.2) is 0 Å². The lowest BCUT2D eigenvalue weighted by molar-refractivity contribution is -0.125. The van der Waals surface area contributed by atoms with Gasteiger partial charge in [0.2, 0.25) is 0 Å². The maximum Gasteiger partial charge on any atom is 0.133 e. The molecule has 0 spiro atoms. The van der Waals surface area contributed by atoms with Gasteiger partial charge in [-0.1, -0.05) is 38.1 Å². The summed E-state index contributed by atoms with van der Waals surface area (Å²) in [7, 11) is 0. The zero-order chi connectivity index (χ0) is 12.5. The van der Waals surface area contributed by atoms with Gasteiger partial charge in [0.1, 0.15) is 5.78 Å². The van der Waals surface area contributed by atoms with Crippen LogP contribution in [0.15, 0.2) is 24.3 Å². The first kappa shape index (κ1) is 12.3. The Labute approximate surface area is 103 Å². The molecule has 0 saturated heterocycles. The van der Waals surface area contributed by atoms with Crippen molar-refractivity contribution in [1.82, 2.24) is 0 Å². The Hall–Kier alpha value is -1.15. The topological polar surface area (TPSA) is 37.3 Å². The molecule has 0 aromatic heterocycles. The predicted molar refractivity (Wildman–Crippen MR) is 67.9 cm³/mol. The Kier molecular flexibility index (Phi) is 3.34. The van der Waals surface area contributed by atoms with Crippen LogP contribution in [-0.4, -0.2) is 10.9 Å². The average Bonchev–Trinajstić information content (AvgIpc) is 2.33. The first-order valence-corrected chi connectivity index (χ1v) is 6.36. The van der Waals surface area contributed by atoms with E-state index in [2.05, 4.69) is 26.0 Å². The maximum atomic E-state index is 11.2. The molecule has 0 bridgehead atoms. The Morgan fingerprint density at radius 3 is 2.12 bits per heavy atom. The van der Waals surface area contributed by atoms with Gasteiger partial charge in [-0.25, -0.2) is 0 Å². The molecule has 92 valence electrons. The van der Waals surface area contributed by atoms with E-state index in [0.29, 0.717) is 31.6 Å². The first-order chi connectivity index (χ1) is 8.01. The number of carbonyl (C=O) groups is 1. The van der Waals surface area contributed by atoms with Gasteiger partial charge in [-0.05, 0) is 29.9 Å². The molecule has 17 heavy (non-hydrogen) atoms.